The molecule has 2 unspecified atom stereocenters. The number of allylic oxidation sites excluding steroid dienone is 4. The fraction of sp³-hybridized carbons (Fsp3) is 0.136. The van der Waals surface area contributed by atoms with Crippen molar-refractivity contribution in [1.82, 2.24) is 0 Å². The third kappa shape index (κ3) is 2.93. The first kappa shape index (κ1) is 16.6. The molecule has 2 heterocycles. The van der Waals surface area contributed by atoms with Gasteiger partial charge < -0.3 is 0 Å². The van der Waals surface area contributed by atoms with Gasteiger partial charge in [0, 0.05) is 25.1 Å². The van der Waals surface area contributed by atoms with Gasteiger partial charge in [0.25, 0.3) is 0 Å². The maximum absolute atomic E-state index is 5.17. The van der Waals surface area contributed by atoms with Crippen molar-refractivity contribution in [3.63, 3.8) is 0 Å². The van der Waals surface area contributed by atoms with E-state index in [4.69, 9.17) is 4.99 Å². The lowest BCUT2D eigenvalue weighted by atomic mass is 10.1. The van der Waals surface area contributed by atoms with Gasteiger partial charge in [-0.3, -0.25) is 0 Å². The highest BCUT2D eigenvalue weighted by atomic mass is 79.9. The molecule has 1 aromatic heterocycles. The first-order chi connectivity index (χ1) is 12.8. The van der Waals surface area contributed by atoms with E-state index in [9.17, 15) is 0 Å². The molecule has 0 spiro atoms. The van der Waals surface area contributed by atoms with E-state index < -0.39 is 0 Å². The van der Waals surface area contributed by atoms with Gasteiger partial charge in [0.15, 0.2) is 0 Å². The van der Waals surface area contributed by atoms with Crippen LogP contribution in [0.2, 0.25) is 0 Å². The molecule has 1 aliphatic heterocycles. The maximum Gasteiger partial charge on any atom is 0.0865 e. The number of benzene rings is 2. The highest BCUT2D eigenvalue weighted by Crippen LogP contribution is 2.56. The van der Waals surface area contributed by atoms with Gasteiger partial charge >= 0.3 is 0 Å². The van der Waals surface area contributed by atoms with Crippen LogP contribution in [0.5, 0.6) is 0 Å². The Hall–Kier alpha value is -1.54. The summed E-state index contributed by atoms with van der Waals surface area (Å²) in [5.74, 6) is 0. The molecule has 1 aliphatic carbocycles. The number of halogens is 1. The number of nitrogens with zero attached hydrogens (tertiary/aromatic N) is 1. The van der Waals surface area contributed by atoms with Crippen LogP contribution < -0.4 is 0 Å². The molecule has 1 nitrogen and oxygen atoms in total. The van der Waals surface area contributed by atoms with E-state index in [0.717, 1.165) is 17.3 Å². The number of hydrogen-bond acceptors (Lipinski definition) is 2. The number of thiophene rings is 1. The Labute approximate surface area is 167 Å². The summed E-state index contributed by atoms with van der Waals surface area (Å²) in [5.41, 5.74) is 5.54. The van der Waals surface area contributed by atoms with Crippen LogP contribution in [0, 0.1) is 0 Å². The molecule has 2 atom stereocenters. The lowest BCUT2D eigenvalue weighted by Gasteiger charge is -2.24. The van der Waals surface area contributed by atoms with Crippen molar-refractivity contribution in [2.45, 2.75) is 18.5 Å². The van der Waals surface area contributed by atoms with Crippen LogP contribution >= 0.6 is 35.8 Å². The molecular weight excluding hydrogens is 421 g/mol. The van der Waals surface area contributed by atoms with E-state index in [1.54, 1.807) is 0 Å². The largest absolute Gasteiger partial charge is 0.246 e. The minimum absolute atomic E-state index is 0.408. The summed E-state index contributed by atoms with van der Waals surface area (Å²) in [4.78, 5) is 6.58. The van der Waals surface area contributed by atoms with E-state index >= 15 is 0 Å². The molecule has 5 rings (SSSR count). The van der Waals surface area contributed by atoms with Gasteiger partial charge in [0.05, 0.1) is 11.1 Å². The van der Waals surface area contributed by atoms with E-state index in [1.807, 2.05) is 11.3 Å². The average Bonchev–Trinajstić information content (AvgIpc) is 3.06. The summed E-state index contributed by atoms with van der Waals surface area (Å²) < 4.78 is 2.44. The molecule has 128 valence electrons. The molecule has 0 bridgehead atoms. The Bertz CT molecular complexity index is 1080. The molecular formula is C22H17BrNPS. The van der Waals surface area contributed by atoms with Gasteiger partial charge in [-0.05, 0) is 42.2 Å². The number of aliphatic imine (C=N–C) groups is 1. The summed E-state index contributed by atoms with van der Waals surface area (Å²) in [6.45, 7) is 0. The minimum atomic E-state index is 0.408. The topological polar surface area (TPSA) is 12.4 Å². The van der Waals surface area contributed by atoms with Crippen molar-refractivity contribution in [2.24, 2.45) is 4.99 Å². The second-order valence-electron chi connectivity index (χ2n) is 6.54. The van der Waals surface area contributed by atoms with E-state index in [2.05, 4.69) is 82.7 Å². The zero-order chi connectivity index (χ0) is 17.5. The summed E-state index contributed by atoms with van der Waals surface area (Å²) in [5, 5.41) is 1.27. The Morgan fingerprint density at radius 1 is 1.08 bits per heavy atom. The normalized spacial score (nSPS) is 20.1. The van der Waals surface area contributed by atoms with Crippen LogP contribution in [0.4, 0.5) is 5.69 Å². The van der Waals surface area contributed by atoms with Crippen LogP contribution in [-0.2, 0) is 0 Å². The summed E-state index contributed by atoms with van der Waals surface area (Å²) >= 11 is 5.53. The molecule has 3 aromatic rings. The zero-order valence-corrected chi connectivity index (χ0v) is 17.5. The highest BCUT2D eigenvalue weighted by molar-refractivity contribution is 9.10. The van der Waals surface area contributed by atoms with Gasteiger partial charge in [-0.25, -0.2) is 4.99 Å². The molecule has 2 aliphatic rings. The number of rotatable bonds is 2. The highest BCUT2D eigenvalue weighted by Gasteiger charge is 2.29. The predicted molar refractivity (Wildman–Crippen MR) is 120 cm³/mol. The van der Waals surface area contributed by atoms with Crippen molar-refractivity contribution in [1.29, 1.82) is 0 Å². The summed E-state index contributed by atoms with van der Waals surface area (Å²) in [6, 6.07) is 17.5. The Morgan fingerprint density at radius 2 is 1.96 bits per heavy atom. The zero-order valence-electron chi connectivity index (χ0n) is 14.1. The van der Waals surface area contributed by atoms with Gasteiger partial charge in [-0.2, -0.15) is 0 Å². The minimum Gasteiger partial charge on any atom is -0.246 e. The molecule has 4 heteroatoms. The molecule has 0 saturated heterocycles. The third-order valence-corrected chi connectivity index (χ3v) is 8.33. The van der Waals surface area contributed by atoms with Crippen molar-refractivity contribution in [3.8, 4) is 0 Å². The van der Waals surface area contributed by atoms with Crippen molar-refractivity contribution in [3.05, 3.63) is 87.2 Å². The van der Waals surface area contributed by atoms with Gasteiger partial charge in [-0.1, -0.05) is 73.1 Å². The van der Waals surface area contributed by atoms with Crippen LogP contribution in [0.15, 0.2) is 81.8 Å². The lowest BCUT2D eigenvalue weighted by molar-refractivity contribution is 1.03. The molecule has 0 amide bonds. The van der Waals surface area contributed by atoms with Crippen LogP contribution in [0.25, 0.3) is 10.1 Å². The van der Waals surface area contributed by atoms with Gasteiger partial charge in [0.2, 0.25) is 0 Å². The quantitative estimate of drug-likeness (QED) is 0.363. The number of hydrogen-bond donors (Lipinski definition) is 0. The maximum atomic E-state index is 5.17. The third-order valence-electron chi connectivity index (χ3n) is 4.82. The fourth-order valence-electron chi connectivity index (χ4n) is 3.55. The average molecular weight is 438 g/mol. The second-order valence-corrected chi connectivity index (χ2v) is 9.88. The first-order valence-electron chi connectivity index (χ1n) is 8.79. The van der Waals surface area contributed by atoms with E-state index in [1.165, 1.54) is 37.2 Å². The smallest absolute Gasteiger partial charge is 0.0865 e. The summed E-state index contributed by atoms with van der Waals surface area (Å²) in [7, 11) is 0.670. The van der Waals surface area contributed by atoms with E-state index in [0.29, 0.717) is 14.2 Å². The Kier molecular flexibility index (Phi) is 4.40. The molecule has 0 fully saturated rings. The van der Waals surface area contributed by atoms with Gasteiger partial charge in [-0.15, -0.1) is 11.3 Å². The lowest BCUT2D eigenvalue weighted by Crippen LogP contribution is -2.05. The van der Waals surface area contributed by atoms with Crippen molar-refractivity contribution < 1.29 is 0 Å². The molecule has 0 radical (unpaired) electrons. The fourth-order valence-corrected chi connectivity index (χ4v) is 6.84. The van der Waals surface area contributed by atoms with E-state index in [-0.39, 0.29) is 0 Å². The van der Waals surface area contributed by atoms with Crippen molar-refractivity contribution >= 4 is 57.1 Å². The molecule has 26 heavy (non-hydrogen) atoms. The Morgan fingerprint density at radius 3 is 2.77 bits per heavy atom. The Balaban J connectivity index is 1.73. The summed E-state index contributed by atoms with van der Waals surface area (Å²) in [6.07, 6.45) is 9.14. The SMILES string of the molecule is Brc1ccc2sc3c(c2c1)N=C(C1=CCCC=C1)PC3c1ccccc1. The molecule has 0 N–H and O–H groups in total. The van der Waals surface area contributed by atoms with Crippen molar-refractivity contribution in [2.75, 3.05) is 0 Å². The number of fused-ring (bicyclic) bond motifs is 3. The van der Waals surface area contributed by atoms with Gasteiger partial charge in [0.1, 0.15) is 0 Å². The predicted octanol–water partition coefficient (Wildman–Crippen LogP) is 7.75. The molecule has 0 saturated carbocycles. The second kappa shape index (κ2) is 6.88. The monoisotopic (exact) mass is 437 g/mol. The molecule has 2 aromatic carbocycles. The van der Waals surface area contributed by atoms with Crippen LogP contribution in [0.1, 0.15) is 28.9 Å². The first-order valence-corrected chi connectivity index (χ1v) is 11.5. The standard InChI is InChI=1S/C22H17BrNPS/c23-16-11-12-18-17(13-16)19-21(26-18)20(14-7-3-1-4-8-14)25-22(24-19)15-9-5-2-6-10-15/h1,3-5,7-13,20,25H,2,6H2. The van der Waals surface area contributed by atoms with Crippen LogP contribution in [0.3, 0.4) is 0 Å². The van der Waals surface area contributed by atoms with Crippen LogP contribution in [-0.4, -0.2) is 5.45 Å².